The molecule has 0 atom stereocenters. The number of amides is 2. The summed E-state index contributed by atoms with van der Waals surface area (Å²) in [6.07, 6.45) is 4.82. The predicted octanol–water partition coefficient (Wildman–Crippen LogP) is 6.32. The van der Waals surface area contributed by atoms with Crippen LogP contribution in [0, 0.1) is 6.92 Å². The number of hydrogen-bond acceptors (Lipinski definition) is 3. The van der Waals surface area contributed by atoms with Crippen molar-refractivity contribution in [3.63, 3.8) is 0 Å². The van der Waals surface area contributed by atoms with Gasteiger partial charge < -0.3 is 15.4 Å². The number of carbonyl (C=O) groups is 2. The maximum absolute atomic E-state index is 13.0. The third kappa shape index (κ3) is 6.89. The van der Waals surface area contributed by atoms with E-state index in [-0.39, 0.29) is 11.8 Å². The molecule has 0 spiro atoms. The molecule has 0 aromatic heterocycles. The Morgan fingerprint density at radius 3 is 2.41 bits per heavy atom. The zero-order valence-corrected chi connectivity index (χ0v) is 18.9. The normalized spacial score (nSPS) is 10.5. The second-order valence-electron chi connectivity index (χ2n) is 6.88. The van der Waals surface area contributed by atoms with Crippen LogP contribution in [0.1, 0.15) is 61.9 Å². The average Bonchev–Trinajstić information content (AvgIpc) is 2.71. The summed E-state index contributed by atoms with van der Waals surface area (Å²) in [6.45, 7) is 6.42. The van der Waals surface area contributed by atoms with E-state index < -0.39 is 0 Å². The van der Waals surface area contributed by atoms with Crippen molar-refractivity contribution in [2.24, 2.45) is 0 Å². The van der Waals surface area contributed by atoms with Crippen molar-refractivity contribution in [3.8, 4) is 5.75 Å². The third-order valence-electron chi connectivity index (χ3n) is 4.62. The van der Waals surface area contributed by atoms with E-state index in [9.17, 15) is 9.59 Å². The number of carbonyl (C=O) groups excluding carboxylic acids is 2. The lowest BCUT2D eigenvalue weighted by atomic mass is 10.1. The van der Waals surface area contributed by atoms with Crippen LogP contribution in [0.4, 0.5) is 11.4 Å². The van der Waals surface area contributed by atoms with Gasteiger partial charge in [-0.3, -0.25) is 9.59 Å². The molecule has 29 heavy (non-hydrogen) atoms. The van der Waals surface area contributed by atoms with Crippen molar-refractivity contribution < 1.29 is 14.3 Å². The SMILES string of the molecule is CCCCCCOc1ccc(Br)cc1C(=O)Nc1cccc(NC(=O)CC)c1C. The predicted molar refractivity (Wildman–Crippen MR) is 122 cm³/mol. The molecular weight excluding hydrogens is 432 g/mol. The van der Waals surface area contributed by atoms with Crippen LogP contribution in [0.2, 0.25) is 0 Å². The highest BCUT2D eigenvalue weighted by Gasteiger charge is 2.16. The van der Waals surface area contributed by atoms with Gasteiger partial charge in [-0.05, 0) is 49.2 Å². The summed E-state index contributed by atoms with van der Waals surface area (Å²) in [5.74, 6) is 0.245. The molecule has 0 saturated carbocycles. The van der Waals surface area contributed by atoms with Crippen molar-refractivity contribution in [3.05, 3.63) is 52.0 Å². The lowest BCUT2D eigenvalue weighted by molar-refractivity contribution is -0.115. The van der Waals surface area contributed by atoms with Crippen LogP contribution in [-0.2, 0) is 4.79 Å². The Kier molecular flexibility index (Phi) is 9.19. The van der Waals surface area contributed by atoms with Crippen LogP contribution in [0.5, 0.6) is 5.75 Å². The zero-order valence-electron chi connectivity index (χ0n) is 17.3. The van der Waals surface area contributed by atoms with Gasteiger partial charge in [0.25, 0.3) is 5.91 Å². The van der Waals surface area contributed by atoms with E-state index in [2.05, 4.69) is 33.5 Å². The standard InChI is InChI=1S/C23H29BrN2O3/c1-4-6-7-8-14-29-21-13-12-17(24)15-18(21)23(28)26-20-11-9-10-19(16(20)3)25-22(27)5-2/h9-13,15H,4-8,14H2,1-3H3,(H,25,27)(H,26,28). The molecule has 2 aromatic carbocycles. The minimum atomic E-state index is -0.253. The maximum Gasteiger partial charge on any atom is 0.259 e. The van der Waals surface area contributed by atoms with Crippen LogP contribution in [0.25, 0.3) is 0 Å². The Morgan fingerprint density at radius 2 is 1.72 bits per heavy atom. The lowest BCUT2D eigenvalue weighted by Crippen LogP contribution is -2.16. The van der Waals surface area contributed by atoms with Crippen LogP contribution < -0.4 is 15.4 Å². The van der Waals surface area contributed by atoms with E-state index in [1.807, 2.05) is 31.2 Å². The molecule has 0 saturated heterocycles. The molecule has 0 aliphatic heterocycles. The molecule has 0 radical (unpaired) electrons. The van der Waals surface area contributed by atoms with Crippen molar-refractivity contribution >= 4 is 39.1 Å². The topological polar surface area (TPSA) is 67.4 Å². The number of unbranched alkanes of at least 4 members (excludes halogenated alkanes) is 3. The minimum absolute atomic E-state index is 0.0673. The largest absolute Gasteiger partial charge is 0.493 e. The summed E-state index contributed by atoms with van der Waals surface area (Å²) in [7, 11) is 0. The fraction of sp³-hybridized carbons (Fsp3) is 0.391. The van der Waals surface area contributed by atoms with Gasteiger partial charge in [-0.2, -0.15) is 0 Å². The molecule has 2 rings (SSSR count). The zero-order chi connectivity index (χ0) is 21.2. The third-order valence-corrected chi connectivity index (χ3v) is 5.11. The van der Waals surface area contributed by atoms with Gasteiger partial charge in [0.15, 0.2) is 0 Å². The van der Waals surface area contributed by atoms with Crippen LogP contribution in [0.15, 0.2) is 40.9 Å². The molecule has 2 N–H and O–H groups in total. The van der Waals surface area contributed by atoms with E-state index in [0.29, 0.717) is 35.7 Å². The molecule has 156 valence electrons. The fourth-order valence-electron chi connectivity index (χ4n) is 2.85. The molecule has 0 heterocycles. The van der Waals surface area contributed by atoms with Crippen LogP contribution in [-0.4, -0.2) is 18.4 Å². The van der Waals surface area contributed by atoms with Gasteiger partial charge in [-0.25, -0.2) is 0 Å². The highest BCUT2D eigenvalue weighted by molar-refractivity contribution is 9.10. The van der Waals surface area contributed by atoms with E-state index >= 15 is 0 Å². The van der Waals surface area contributed by atoms with Gasteiger partial charge in [0.05, 0.1) is 12.2 Å². The molecular formula is C23H29BrN2O3. The smallest absolute Gasteiger partial charge is 0.259 e. The quantitative estimate of drug-likeness (QED) is 0.407. The van der Waals surface area contributed by atoms with E-state index in [1.54, 1.807) is 19.1 Å². The Balaban J connectivity index is 2.15. The van der Waals surface area contributed by atoms with E-state index in [1.165, 1.54) is 12.8 Å². The van der Waals surface area contributed by atoms with Crippen molar-refractivity contribution in [2.75, 3.05) is 17.2 Å². The van der Waals surface area contributed by atoms with Crippen molar-refractivity contribution in [2.45, 2.75) is 52.9 Å². The maximum atomic E-state index is 13.0. The van der Waals surface area contributed by atoms with Crippen molar-refractivity contribution in [1.29, 1.82) is 0 Å². The Bertz CT molecular complexity index is 852. The summed E-state index contributed by atoms with van der Waals surface area (Å²) in [4.78, 5) is 24.7. The Hall–Kier alpha value is -2.34. The van der Waals surface area contributed by atoms with Crippen LogP contribution >= 0.6 is 15.9 Å². The first-order valence-electron chi connectivity index (χ1n) is 10.1. The summed E-state index contributed by atoms with van der Waals surface area (Å²) < 4.78 is 6.69. The summed E-state index contributed by atoms with van der Waals surface area (Å²) in [5, 5.41) is 5.80. The van der Waals surface area contributed by atoms with Crippen LogP contribution in [0.3, 0.4) is 0 Å². The van der Waals surface area contributed by atoms with E-state index in [4.69, 9.17) is 4.74 Å². The lowest BCUT2D eigenvalue weighted by Gasteiger charge is -2.15. The number of hydrogen-bond donors (Lipinski definition) is 2. The number of benzene rings is 2. The Labute approximate surface area is 181 Å². The first-order valence-corrected chi connectivity index (χ1v) is 10.9. The Morgan fingerprint density at radius 1 is 1.00 bits per heavy atom. The van der Waals surface area contributed by atoms with Gasteiger partial charge in [-0.1, -0.05) is 55.1 Å². The fourth-order valence-corrected chi connectivity index (χ4v) is 3.21. The molecule has 6 heteroatoms. The number of halogens is 1. The first-order chi connectivity index (χ1) is 14.0. The van der Waals surface area contributed by atoms with Gasteiger partial charge in [-0.15, -0.1) is 0 Å². The molecule has 0 unspecified atom stereocenters. The summed E-state index contributed by atoms with van der Waals surface area (Å²) in [6, 6.07) is 10.9. The number of ether oxygens (including phenoxy) is 1. The molecule has 0 aliphatic rings. The summed E-state index contributed by atoms with van der Waals surface area (Å²) in [5.41, 5.74) is 2.62. The number of rotatable bonds is 10. The minimum Gasteiger partial charge on any atom is -0.493 e. The van der Waals surface area contributed by atoms with Gasteiger partial charge in [0.1, 0.15) is 5.75 Å². The molecule has 0 bridgehead atoms. The molecule has 5 nitrogen and oxygen atoms in total. The van der Waals surface area contributed by atoms with Gasteiger partial charge in [0, 0.05) is 22.3 Å². The van der Waals surface area contributed by atoms with Gasteiger partial charge in [0.2, 0.25) is 5.91 Å². The highest BCUT2D eigenvalue weighted by atomic mass is 79.9. The second kappa shape index (κ2) is 11.6. The van der Waals surface area contributed by atoms with E-state index in [0.717, 1.165) is 22.9 Å². The highest BCUT2D eigenvalue weighted by Crippen LogP contribution is 2.27. The summed E-state index contributed by atoms with van der Waals surface area (Å²) >= 11 is 3.43. The second-order valence-corrected chi connectivity index (χ2v) is 7.80. The van der Waals surface area contributed by atoms with Crippen molar-refractivity contribution in [1.82, 2.24) is 0 Å². The monoisotopic (exact) mass is 460 g/mol. The first kappa shape index (κ1) is 22.9. The molecule has 2 amide bonds. The van der Waals surface area contributed by atoms with Gasteiger partial charge >= 0.3 is 0 Å². The number of nitrogens with one attached hydrogen (secondary N) is 2. The molecule has 0 fully saturated rings. The molecule has 0 aliphatic carbocycles. The average molecular weight is 461 g/mol. The molecule has 2 aromatic rings. The number of anilines is 2.